The molecule has 2 N–H and O–H groups in total. The van der Waals surface area contributed by atoms with E-state index in [4.69, 9.17) is 15.2 Å². The van der Waals surface area contributed by atoms with Gasteiger partial charge in [0.2, 0.25) is 0 Å². The van der Waals surface area contributed by atoms with Crippen molar-refractivity contribution in [3.63, 3.8) is 0 Å². The van der Waals surface area contributed by atoms with E-state index >= 15 is 0 Å². The minimum absolute atomic E-state index is 0.516. The van der Waals surface area contributed by atoms with Crippen LogP contribution < -0.4 is 15.2 Å². The van der Waals surface area contributed by atoms with Gasteiger partial charge in [0.1, 0.15) is 0 Å². The van der Waals surface area contributed by atoms with E-state index in [0.29, 0.717) is 30.0 Å². The molecule has 110 valence electrons. The van der Waals surface area contributed by atoms with Crippen LogP contribution in [0, 0.1) is 0 Å². The first-order valence-corrected chi connectivity index (χ1v) is 7.29. The van der Waals surface area contributed by atoms with Gasteiger partial charge in [-0.2, -0.15) is 0 Å². The largest absolute Gasteiger partial charge is 0.493 e. The Hall–Kier alpha value is -1.43. The Morgan fingerprint density at radius 2 is 2.10 bits per heavy atom. The third-order valence-corrected chi connectivity index (χ3v) is 3.96. The van der Waals surface area contributed by atoms with Gasteiger partial charge in [-0.1, -0.05) is 0 Å². The van der Waals surface area contributed by atoms with E-state index in [-0.39, 0.29) is 0 Å². The number of benzene rings is 1. The molecular formula is C14H20BrN3O2. The summed E-state index contributed by atoms with van der Waals surface area (Å²) in [4.78, 5) is 6.47. The topological polar surface area (TPSA) is 60.1 Å². The summed E-state index contributed by atoms with van der Waals surface area (Å²) in [5.74, 6) is 1.95. The molecule has 0 heterocycles. The summed E-state index contributed by atoms with van der Waals surface area (Å²) >= 11 is 3.47. The first-order chi connectivity index (χ1) is 9.56. The third kappa shape index (κ3) is 3.36. The van der Waals surface area contributed by atoms with E-state index in [1.807, 2.05) is 24.1 Å². The maximum absolute atomic E-state index is 5.98. The molecule has 5 nitrogen and oxygen atoms in total. The molecule has 0 amide bonds. The smallest absolute Gasteiger partial charge is 0.191 e. The van der Waals surface area contributed by atoms with Crippen LogP contribution in [0.15, 0.2) is 21.6 Å². The van der Waals surface area contributed by atoms with Crippen LogP contribution in [0.4, 0.5) is 0 Å². The summed E-state index contributed by atoms with van der Waals surface area (Å²) in [5.41, 5.74) is 6.99. The molecule has 0 aromatic heterocycles. The summed E-state index contributed by atoms with van der Waals surface area (Å²) in [7, 11) is 5.22. The molecule has 0 atom stereocenters. The fraction of sp³-hybridized carbons (Fsp3) is 0.500. The number of guanidine groups is 1. The number of halogens is 1. The predicted octanol–water partition coefficient (Wildman–Crippen LogP) is 2.38. The highest BCUT2D eigenvalue weighted by molar-refractivity contribution is 9.10. The fourth-order valence-electron chi connectivity index (χ4n) is 2.00. The van der Waals surface area contributed by atoms with E-state index < -0.39 is 0 Å². The van der Waals surface area contributed by atoms with Gasteiger partial charge in [-0.25, -0.2) is 4.99 Å². The van der Waals surface area contributed by atoms with Crippen molar-refractivity contribution in [2.45, 2.75) is 25.4 Å². The van der Waals surface area contributed by atoms with Crippen LogP contribution in [0.2, 0.25) is 0 Å². The van der Waals surface area contributed by atoms with Gasteiger partial charge in [0, 0.05) is 13.1 Å². The highest BCUT2D eigenvalue weighted by Crippen LogP contribution is 2.36. The standard InChI is InChI=1S/C14H20BrN3O2/c1-18(10-4-5-10)14(16)17-8-9-6-11(15)13(20-3)12(7-9)19-2/h6-7,10H,4-5,8H2,1-3H3,(H2,16,17). The minimum Gasteiger partial charge on any atom is -0.493 e. The monoisotopic (exact) mass is 341 g/mol. The number of hydrogen-bond acceptors (Lipinski definition) is 3. The van der Waals surface area contributed by atoms with E-state index in [9.17, 15) is 0 Å². The number of ether oxygens (including phenoxy) is 2. The van der Waals surface area contributed by atoms with Crippen LogP contribution >= 0.6 is 15.9 Å². The highest BCUT2D eigenvalue weighted by atomic mass is 79.9. The van der Waals surface area contributed by atoms with Crippen molar-refractivity contribution in [3.8, 4) is 11.5 Å². The molecule has 2 rings (SSSR count). The minimum atomic E-state index is 0.516. The van der Waals surface area contributed by atoms with Crippen LogP contribution in [0.1, 0.15) is 18.4 Å². The molecule has 1 aromatic rings. The average molecular weight is 342 g/mol. The van der Waals surface area contributed by atoms with Crippen molar-refractivity contribution < 1.29 is 9.47 Å². The van der Waals surface area contributed by atoms with Crippen molar-refractivity contribution in [1.82, 2.24) is 4.90 Å². The molecule has 20 heavy (non-hydrogen) atoms. The molecule has 1 aliphatic rings. The van der Waals surface area contributed by atoms with Crippen LogP contribution in [0.3, 0.4) is 0 Å². The van der Waals surface area contributed by atoms with Crippen LogP contribution in [0.5, 0.6) is 11.5 Å². The molecular weight excluding hydrogens is 322 g/mol. The number of methoxy groups -OCH3 is 2. The zero-order chi connectivity index (χ0) is 14.7. The van der Waals surface area contributed by atoms with E-state index in [2.05, 4.69) is 20.9 Å². The average Bonchev–Trinajstić information content (AvgIpc) is 3.27. The lowest BCUT2D eigenvalue weighted by molar-refractivity contribution is 0.352. The Bertz CT molecular complexity index is 515. The summed E-state index contributed by atoms with van der Waals surface area (Å²) in [6.07, 6.45) is 2.41. The summed E-state index contributed by atoms with van der Waals surface area (Å²) in [5, 5.41) is 0. The van der Waals surface area contributed by atoms with Gasteiger partial charge >= 0.3 is 0 Å². The maximum Gasteiger partial charge on any atom is 0.191 e. The molecule has 1 saturated carbocycles. The van der Waals surface area contributed by atoms with Crippen molar-refractivity contribution in [3.05, 3.63) is 22.2 Å². The lowest BCUT2D eigenvalue weighted by Gasteiger charge is -2.17. The number of aliphatic imine (C=N–C) groups is 1. The van der Waals surface area contributed by atoms with Crippen LogP contribution in [-0.4, -0.2) is 38.2 Å². The second-order valence-electron chi connectivity index (χ2n) is 4.83. The first-order valence-electron chi connectivity index (χ1n) is 6.50. The van der Waals surface area contributed by atoms with Gasteiger partial charge < -0.3 is 20.1 Å². The SMILES string of the molecule is COc1cc(CN=C(N)N(C)C2CC2)cc(Br)c1OC. The molecule has 0 spiro atoms. The lowest BCUT2D eigenvalue weighted by atomic mass is 10.2. The Morgan fingerprint density at radius 3 is 2.65 bits per heavy atom. The first kappa shape index (κ1) is 15.0. The second kappa shape index (κ2) is 6.35. The Balaban J connectivity index is 2.13. The van der Waals surface area contributed by atoms with E-state index in [0.717, 1.165) is 10.0 Å². The molecule has 1 aromatic carbocycles. The molecule has 1 aliphatic carbocycles. The van der Waals surface area contributed by atoms with Gasteiger partial charge in [0.25, 0.3) is 0 Å². The third-order valence-electron chi connectivity index (χ3n) is 3.37. The molecule has 1 fully saturated rings. The number of nitrogens with zero attached hydrogens (tertiary/aromatic N) is 2. The zero-order valence-electron chi connectivity index (χ0n) is 12.0. The Kier molecular flexibility index (Phi) is 4.75. The molecule has 0 radical (unpaired) electrons. The van der Waals surface area contributed by atoms with Crippen LogP contribution in [0.25, 0.3) is 0 Å². The predicted molar refractivity (Wildman–Crippen MR) is 83.4 cm³/mol. The van der Waals surface area contributed by atoms with Crippen LogP contribution in [-0.2, 0) is 6.54 Å². The Labute approximate surface area is 127 Å². The molecule has 0 saturated heterocycles. The summed E-state index contributed by atoms with van der Waals surface area (Å²) in [6, 6.07) is 4.45. The second-order valence-corrected chi connectivity index (χ2v) is 5.68. The number of nitrogens with two attached hydrogens (primary N) is 1. The van der Waals surface area contributed by atoms with E-state index in [1.165, 1.54) is 12.8 Å². The van der Waals surface area contributed by atoms with Crippen molar-refractivity contribution in [1.29, 1.82) is 0 Å². The molecule has 0 unspecified atom stereocenters. The lowest BCUT2D eigenvalue weighted by Crippen LogP contribution is -2.35. The normalized spacial score (nSPS) is 15.1. The maximum atomic E-state index is 5.98. The Morgan fingerprint density at radius 1 is 1.40 bits per heavy atom. The van der Waals surface area contributed by atoms with Gasteiger partial charge in [-0.3, -0.25) is 0 Å². The van der Waals surface area contributed by atoms with Gasteiger partial charge in [-0.05, 0) is 46.5 Å². The number of hydrogen-bond donors (Lipinski definition) is 1. The van der Waals surface area contributed by atoms with Crippen molar-refractivity contribution in [2.24, 2.45) is 10.7 Å². The van der Waals surface area contributed by atoms with E-state index in [1.54, 1.807) is 14.2 Å². The quantitative estimate of drug-likeness (QED) is 0.659. The summed E-state index contributed by atoms with van der Waals surface area (Å²) in [6.45, 7) is 0.516. The molecule has 0 aliphatic heterocycles. The zero-order valence-corrected chi connectivity index (χ0v) is 13.6. The van der Waals surface area contributed by atoms with Crippen molar-refractivity contribution >= 4 is 21.9 Å². The van der Waals surface area contributed by atoms with Crippen molar-refractivity contribution in [2.75, 3.05) is 21.3 Å². The van der Waals surface area contributed by atoms with Gasteiger partial charge in [0.05, 0.1) is 25.2 Å². The molecule has 6 heteroatoms. The fourth-order valence-corrected chi connectivity index (χ4v) is 2.65. The van der Waals surface area contributed by atoms with Gasteiger partial charge in [-0.15, -0.1) is 0 Å². The highest BCUT2D eigenvalue weighted by Gasteiger charge is 2.27. The molecule has 0 bridgehead atoms. The summed E-state index contributed by atoms with van der Waals surface area (Å²) < 4.78 is 11.4. The van der Waals surface area contributed by atoms with Gasteiger partial charge in [0.15, 0.2) is 17.5 Å². The number of rotatable bonds is 5.